The lowest BCUT2D eigenvalue weighted by atomic mass is 10.1. The second kappa shape index (κ2) is 7.47. The van der Waals surface area contributed by atoms with Crippen molar-refractivity contribution in [2.45, 2.75) is 24.8 Å². The zero-order valence-corrected chi connectivity index (χ0v) is 17.5. The Balaban J connectivity index is 1.41. The molecule has 0 bridgehead atoms. The first-order valence-corrected chi connectivity index (χ1v) is 10.5. The molecule has 1 amide bonds. The van der Waals surface area contributed by atoms with E-state index in [4.69, 9.17) is 17.3 Å². The highest BCUT2D eigenvalue weighted by Crippen LogP contribution is 2.36. The molecular formula is C18H17ClFN5OS2. The largest absolute Gasteiger partial charge is 0.397 e. The van der Waals surface area contributed by atoms with Crippen LogP contribution in [0.1, 0.15) is 20.9 Å². The summed E-state index contributed by atoms with van der Waals surface area (Å²) in [5.74, 6) is -0.646. The number of nitrogens with two attached hydrogens (primary N) is 1. The van der Waals surface area contributed by atoms with E-state index < -0.39 is 5.82 Å². The summed E-state index contributed by atoms with van der Waals surface area (Å²) in [6.07, 6.45) is 0. The number of nitrogens with zero attached hydrogens (tertiary/aromatic N) is 3. The number of hydrogen-bond acceptors (Lipinski definition) is 7. The smallest absolute Gasteiger partial charge is 0.263 e. The van der Waals surface area contributed by atoms with Crippen molar-refractivity contribution < 1.29 is 9.18 Å². The number of amides is 1. The molecule has 4 rings (SSSR count). The van der Waals surface area contributed by atoms with Crippen LogP contribution in [0, 0.1) is 19.7 Å². The predicted octanol–water partition coefficient (Wildman–Crippen LogP) is 3.80. The van der Waals surface area contributed by atoms with Gasteiger partial charge in [-0.3, -0.25) is 4.79 Å². The van der Waals surface area contributed by atoms with Crippen LogP contribution in [0.5, 0.6) is 0 Å². The molecule has 10 heteroatoms. The number of aryl methyl sites for hydroxylation is 2. The fraction of sp³-hybridized carbons (Fsp3) is 0.278. The molecule has 28 heavy (non-hydrogen) atoms. The summed E-state index contributed by atoms with van der Waals surface area (Å²) in [6, 6.07) is 4.88. The average Bonchev–Trinajstić information content (AvgIpc) is 2.97. The van der Waals surface area contributed by atoms with Crippen molar-refractivity contribution in [2.24, 2.45) is 0 Å². The zero-order valence-electron chi connectivity index (χ0n) is 15.1. The molecule has 3 aromatic rings. The van der Waals surface area contributed by atoms with Gasteiger partial charge in [-0.2, -0.15) is 5.10 Å². The Bertz CT molecular complexity index is 1080. The highest BCUT2D eigenvalue weighted by atomic mass is 35.5. The summed E-state index contributed by atoms with van der Waals surface area (Å²) in [7, 11) is 0. The number of rotatable bonds is 4. The van der Waals surface area contributed by atoms with Gasteiger partial charge in [-0.05, 0) is 43.5 Å². The Morgan fingerprint density at radius 1 is 1.39 bits per heavy atom. The molecule has 1 aliphatic rings. The van der Waals surface area contributed by atoms with Crippen molar-refractivity contribution in [1.82, 2.24) is 19.8 Å². The van der Waals surface area contributed by atoms with Crippen molar-refractivity contribution in [1.29, 1.82) is 0 Å². The van der Waals surface area contributed by atoms with Crippen molar-refractivity contribution in [2.75, 3.05) is 18.8 Å². The average molecular weight is 438 g/mol. The molecule has 0 radical (unpaired) electrons. The minimum Gasteiger partial charge on any atom is -0.397 e. The van der Waals surface area contributed by atoms with Crippen LogP contribution in [0.4, 0.5) is 10.1 Å². The van der Waals surface area contributed by atoms with Crippen LogP contribution in [-0.2, 0) is 0 Å². The second-order valence-corrected chi connectivity index (χ2v) is 9.14. The third kappa shape index (κ3) is 3.43. The summed E-state index contributed by atoms with van der Waals surface area (Å²) < 4.78 is 16.0. The molecule has 0 spiro atoms. The van der Waals surface area contributed by atoms with E-state index in [0.717, 1.165) is 16.6 Å². The van der Waals surface area contributed by atoms with E-state index in [2.05, 4.69) is 15.5 Å². The third-order valence-corrected chi connectivity index (χ3v) is 7.12. The van der Waals surface area contributed by atoms with E-state index in [1.807, 2.05) is 18.2 Å². The van der Waals surface area contributed by atoms with E-state index >= 15 is 0 Å². The molecule has 1 fully saturated rings. The van der Waals surface area contributed by atoms with Crippen LogP contribution in [0.3, 0.4) is 0 Å². The van der Waals surface area contributed by atoms with E-state index in [1.165, 1.54) is 29.4 Å². The summed E-state index contributed by atoms with van der Waals surface area (Å²) in [5, 5.41) is 12.1. The van der Waals surface area contributed by atoms with Gasteiger partial charge in [0, 0.05) is 18.5 Å². The van der Waals surface area contributed by atoms with E-state index in [9.17, 15) is 9.18 Å². The third-order valence-electron chi connectivity index (χ3n) is 4.67. The van der Waals surface area contributed by atoms with Crippen LogP contribution in [0.15, 0.2) is 23.1 Å². The van der Waals surface area contributed by atoms with E-state index in [0.29, 0.717) is 33.4 Å². The number of nitrogens with one attached hydrogen (secondary N) is 1. The van der Waals surface area contributed by atoms with Gasteiger partial charge in [0.25, 0.3) is 5.91 Å². The molecule has 0 unspecified atom stereocenters. The molecule has 0 aliphatic carbocycles. The number of carbonyl (C=O) groups excluding carboxylic acids is 1. The van der Waals surface area contributed by atoms with Crippen molar-refractivity contribution in [3.63, 3.8) is 0 Å². The quantitative estimate of drug-likeness (QED) is 0.604. The van der Waals surface area contributed by atoms with Gasteiger partial charge in [-0.15, -0.1) is 16.4 Å². The van der Waals surface area contributed by atoms with Gasteiger partial charge in [-0.25, -0.2) is 8.70 Å². The zero-order chi connectivity index (χ0) is 20.0. The van der Waals surface area contributed by atoms with Gasteiger partial charge in [0.2, 0.25) is 0 Å². The first-order chi connectivity index (χ1) is 13.3. The van der Waals surface area contributed by atoms with Gasteiger partial charge in [0.1, 0.15) is 9.71 Å². The molecule has 1 saturated heterocycles. The number of fused-ring (bicyclic) bond motifs is 1. The molecule has 3 N–H and O–H groups in total. The summed E-state index contributed by atoms with van der Waals surface area (Å²) >= 11 is 8.34. The number of hydrogen-bond donors (Lipinski definition) is 2. The molecule has 1 aromatic carbocycles. The first kappa shape index (κ1) is 19.4. The molecule has 6 nitrogen and oxygen atoms in total. The minimum atomic E-state index is -0.425. The minimum absolute atomic E-state index is 0.0271. The molecular weight excluding hydrogens is 421 g/mol. The number of carbonyl (C=O) groups is 1. The lowest BCUT2D eigenvalue weighted by molar-refractivity contribution is 0.0906. The maximum Gasteiger partial charge on any atom is 0.263 e. The lowest BCUT2D eigenvalue weighted by Crippen LogP contribution is -2.56. The van der Waals surface area contributed by atoms with Gasteiger partial charge < -0.3 is 11.1 Å². The normalized spacial score (nSPS) is 15.0. The highest BCUT2D eigenvalue weighted by molar-refractivity contribution is 7.97. The number of nitrogen functional groups attached to an aromatic ring is 1. The maximum atomic E-state index is 14.0. The Morgan fingerprint density at radius 2 is 2.14 bits per heavy atom. The molecule has 3 heterocycles. The Labute approximate surface area is 174 Å². The SMILES string of the molecule is Cc1nnc2sc(C(=O)NC3CN(Sc4cccc(Cl)c4F)C3)c(N)c2c1C. The standard InChI is InChI=1S/C18H17ClFN5OS2/c1-8-9(2)23-24-18-13(8)15(21)16(27-18)17(26)22-10-6-25(7-10)28-12-5-3-4-11(19)14(12)20/h3-5,10H,6-7,21H2,1-2H3,(H,22,26). The lowest BCUT2D eigenvalue weighted by Gasteiger charge is -2.38. The molecule has 0 atom stereocenters. The van der Waals surface area contributed by atoms with Crippen LogP contribution < -0.4 is 11.1 Å². The monoisotopic (exact) mass is 437 g/mol. The van der Waals surface area contributed by atoms with Crippen molar-refractivity contribution in [3.8, 4) is 0 Å². The number of anilines is 1. The maximum absolute atomic E-state index is 14.0. The van der Waals surface area contributed by atoms with Crippen LogP contribution in [0.25, 0.3) is 10.2 Å². The fourth-order valence-electron chi connectivity index (χ4n) is 2.96. The van der Waals surface area contributed by atoms with Crippen LogP contribution in [-0.4, -0.2) is 39.5 Å². The second-order valence-electron chi connectivity index (χ2n) is 6.60. The topological polar surface area (TPSA) is 84.1 Å². The number of benzene rings is 1. The summed E-state index contributed by atoms with van der Waals surface area (Å²) in [5.41, 5.74) is 8.40. The molecule has 1 aliphatic heterocycles. The number of halogens is 2. The van der Waals surface area contributed by atoms with Crippen LogP contribution >= 0.6 is 34.9 Å². The van der Waals surface area contributed by atoms with Crippen LogP contribution in [0.2, 0.25) is 5.02 Å². The number of aromatic nitrogens is 2. The van der Waals surface area contributed by atoms with Gasteiger partial charge in [-0.1, -0.05) is 17.7 Å². The van der Waals surface area contributed by atoms with Crippen molar-refractivity contribution in [3.05, 3.63) is 45.2 Å². The van der Waals surface area contributed by atoms with Crippen molar-refractivity contribution >= 4 is 56.7 Å². The fourth-order valence-corrected chi connectivity index (χ4v) is 5.31. The predicted molar refractivity (Wildman–Crippen MR) is 111 cm³/mol. The Hall–Kier alpha value is -1.94. The Morgan fingerprint density at radius 3 is 2.89 bits per heavy atom. The summed E-state index contributed by atoms with van der Waals surface area (Å²) in [6.45, 7) is 4.99. The van der Waals surface area contributed by atoms with Gasteiger partial charge in [0.05, 0.1) is 27.3 Å². The van der Waals surface area contributed by atoms with Gasteiger partial charge >= 0.3 is 0 Å². The number of thiophene rings is 1. The van der Waals surface area contributed by atoms with E-state index in [1.54, 1.807) is 12.1 Å². The van der Waals surface area contributed by atoms with E-state index in [-0.39, 0.29) is 17.0 Å². The summed E-state index contributed by atoms with van der Waals surface area (Å²) in [4.78, 5) is 14.2. The highest BCUT2D eigenvalue weighted by Gasteiger charge is 2.31. The Kier molecular flexibility index (Phi) is 5.17. The molecule has 2 aromatic heterocycles. The van der Waals surface area contributed by atoms with Gasteiger partial charge in [0.15, 0.2) is 5.82 Å². The molecule has 146 valence electrons. The first-order valence-electron chi connectivity index (χ1n) is 8.54. The molecule has 0 saturated carbocycles.